The number of H-pyrrole nitrogens is 1. The van der Waals surface area contributed by atoms with Crippen LogP contribution >= 0.6 is 11.6 Å². The van der Waals surface area contributed by atoms with Crippen molar-refractivity contribution in [1.82, 2.24) is 20.3 Å². The number of nitrogens with zero attached hydrogens (tertiary/aromatic N) is 2. The lowest BCUT2D eigenvalue weighted by atomic mass is 9.78. The van der Waals surface area contributed by atoms with Crippen LogP contribution in [0.5, 0.6) is 0 Å². The summed E-state index contributed by atoms with van der Waals surface area (Å²) in [5, 5.41) is 3.24. The van der Waals surface area contributed by atoms with Crippen LogP contribution in [-0.4, -0.2) is 27.4 Å². The van der Waals surface area contributed by atoms with Crippen molar-refractivity contribution in [3.8, 4) is 11.4 Å². The van der Waals surface area contributed by atoms with Crippen molar-refractivity contribution in [2.75, 3.05) is 6.54 Å². The summed E-state index contributed by atoms with van der Waals surface area (Å²) in [6.07, 6.45) is 6.28. The van der Waals surface area contributed by atoms with E-state index in [1.165, 1.54) is 12.8 Å². The van der Waals surface area contributed by atoms with Crippen LogP contribution in [0, 0.1) is 0 Å². The van der Waals surface area contributed by atoms with Gasteiger partial charge in [0, 0.05) is 23.9 Å². The predicted octanol–water partition coefficient (Wildman–Crippen LogP) is 2.68. The molecule has 1 amide bonds. The molecule has 2 aromatic rings. The molecule has 0 aromatic carbocycles. The van der Waals surface area contributed by atoms with Gasteiger partial charge in [0.1, 0.15) is 0 Å². The number of fused-ring (bicyclic) bond motifs is 2. The Bertz CT molecular complexity index is 718. The molecule has 2 N–H and O–H groups in total. The van der Waals surface area contributed by atoms with Crippen LogP contribution in [-0.2, 0) is 5.41 Å². The number of halogens is 1. The van der Waals surface area contributed by atoms with Gasteiger partial charge >= 0.3 is 0 Å². The lowest BCUT2D eigenvalue weighted by molar-refractivity contribution is 0.0924. The summed E-state index contributed by atoms with van der Waals surface area (Å²) in [6.45, 7) is 0.726. The fourth-order valence-electron chi connectivity index (χ4n) is 3.59. The highest BCUT2D eigenvalue weighted by molar-refractivity contribution is 6.28. The summed E-state index contributed by atoms with van der Waals surface area (Å²) in [5.41, 5.74) is 3.41. The number of nitrogens with one attached hydrogen (secondary N) is 2. The van der Waals surface area contributed by atoms with Gasteiger partial charge in [-0.3, -0.25) is 4.79 Å². The Labute approximate surface area is 127 Å². The SMILES string of the molecule is O=C1NCC2(CCCC2)c2[nH]c(-c3ccnc(Cl)n3)cc21. The highest BCUT2D eigenvalue weighted by atomic mass is 35.5. The van der Waals surface area contributed by atoms with Gasteiger partial charge < -0.3 is 10.3 Å². The lowest BCUT2D eigenvalue weighted by Gasteiger charge is -2.33. The standard InChI is InChI=1S/C15H15ClN4O/c16-14-17-6-3-10(20-14)11-7-9-12(19-11)15(4-1-2-5-15)8-18-13(9)21/h3,6-7,19H,1-2,4-5,8H2,(H,18,21). The third kappa shape index (κ3) is 1.95. The van der Waals surface area contributed by atoms with Crippen molar-refractivity contribution in [2.24, 2.45) is 0 Å². The van der Waals surface area contributed by atoms with Gasteiger partial charge in [0.15, 0.2) is 0 Å². The van der Waals surface area contributed by atoms with Crippen molar-refractivity contribution >= 4 is 17.5 Å². The van der Waals surface area contributed by atoms with E-state index in [0.29, 0.717) is 5.69 Å². The van der Waals surface area contributed by atoms with E-state index in [2.05, 4.69) is 20.3 Å². The zero-order chi connectivity index (χ0) is 14.4. The first-order chi connectivity index (χ1) is 10.2. The molecule has 0 bridgehead atoms. The monoisotopic (exact) mass is 302 g/mol. The highest BCUT2D eigenvalue weighted by Crippen LogP contribution is 2.44. The fraction of sp³-hybridized carbons (Fsp3) is 0.400. The molecule has 6 heteroatoms. The molecule has 0 unspecified atom stereocenters. The minimum atomic E-state index is -0.00909. The van der Waals surface area contributed by atoms with Crippen LogP contribution in [0.1, 0.15) is 41.7 Å². The minimum Gasteiger partial charge on any atom is -0.356 e. The minimum absolute atomic E-state index is 0.00909. The quantitative estimate of drug-likeness (QED) is 0.796. The van der Waals surface area contributed by atoms with Crippen molar-refractivity contribution in [3.63, 3.8) is 0 Å². The van der Waals surface area contributed by atoms with E-state index in [4.69, 9.17) is 11.6 Å². The molecule has 5 nitrogen and oxygen atoms in total. The van der Waals surface area contributed by atoms with Crippen LogP contribution in [0.15, 0.2) is 18.3 Å². The molecule has 0 saturated heterocycles. The molecule has 1 saturated carbocycles. The summed E-state index contributed by atoms with van der Waals surface area (Å²) in [7, 11) is 0. The lowest BCUT2D eigenvalue weighted by Crippen LogP contribution is -2.45. The summed E-state index contributed by atoms with van der Waals surface area (Å²) >= 11 is 5.86. The second-order valence-electron chi connectivity index (χ2n) is 5.85. The molecule has 1 fully saturated rings. The zero-order valence-electron chi connectivity index (χ0n) is 11.4. The Balaban J connectivity index is 1.85. The average Bonchev–Trinajstić information content (AvgIpc) is 3.12. The van der Waals surface area contributed by atoms with Gasteiger partial charge in [0.2, 0.25) is 5.28 Å². The number of aromatic nitrogens is 3. The first-order valence-corrected chi connectivity index (χ1v) is 7.56. The van der Waals surface area contributed by atoms with Gasteiger partial charge in [-0.1, -0.05) is 12.8 Å². The first-order valence-electron chi connectivity index (χ1n) is 7.19. The molecule has 1 aliphatic carbocycles. The van der Waals surface area contributed by atoms with Gasteiger partial charge in [0.25, 0.3) is 5.91 Å². The van der Waals surface area contributed by atoms with Gasteiger partial charge in [-0.15, -0.1) is 0 Å². The van der Waals surface area contributed by atoms with E-state index in [-0.39, 0.29) is 16.6 Å². The Morgan fingerprint density at radius 1 is 1.29 bits per heavy atom. The van der Waals surface area contributed by atoms with E-state index in [1.807, 2.05) is 6.07 Å². The summed E-state index contributed by atoms with van der Waals surface area (Å²) in [4.78, 5) is 23.7. The number of carbonyl (C=O) groups excluding carboxylic acids is 1. The van der Waals surface area contributed by atoms with Crippen LogP contribution in [0.25, 0.3) is 11.4 Å². The van der Waals surface area contributed by atoms with Crippen molar-refractivity contribution in [1.29, 1.82) is 0 Å². The molecule has 4 rings (SSSR count). The van der Waals surface area contributed by atoms with Crippen molar-refractivity contribution in [2.45, 2.75) is 31.1 Å². The Kier molecular flexibility index (Phi) is 2.79. The number of amides is 1. The second-order valence-corrected chi connectivity index (χ2v) is 6.19. The second kappa shape index (κ2) is 4.56. The predicted molar refractivity (Wildman–Crippen MR) is 79.3 cm³/mol. The number of aromatic amines is 1. The topological polar surface area (TPSA) is 70.7 Å². The van der Waals surface area contributed by atoms with Crippen molar-refractivity contribution < 1.29 is 4.79 Å². The van der Waals surface area contributed by atoms with Crippen LogP contribution in [0.4, 0.5) is 0 Å². The van der Waals surface area contributed by atoms with Gasteiger partial charge in [-0.25, -0.2) is 9.97 Å². The molecule has 2 aromatic heterocycles. The first kappa shape index (κ1) is 12.8. The van der Waals surface area contributed by atoms with Crippen LogP contribution in [0.3, 0.4) is 0 Å². The van der Waals surface area contributed by atoms with E-state index < -0.39 is 0 Å². The number of rotatable bonds is 1. The van der Waals surface area contributed by atoms with E-state index >= 15 is 0 Å². The van der Waals surface area contributed by atoms with Crippen molar-refractivity contribution in [3.05, 3.63) is 34.9 Å². The largest absolute Gasteiger partial charge is 0.356 e. The average molecular weight is 303 g/mol. The molecule has 0 atom stereocenters. The van der Waals surface area contributed by atoms with E-state index in [1.54, 1.807) is 12.3 Å². The molecule has 1 spiro atoms. The zero-order valence-corrected chi connectivity index (χ0v) is 12.2. The van der Waals surface area contributed by atoms with Gasteiger partial charge in [-0.2, -0.15) is 0 Å². The van der Waals surface area contributed by atoms with Crippen LogP contribution in [0.2, 0.25) is 5.28 Å². The molecule has 1 aliphatic heterocycles. The number of hydrogen-bond donors (Lipinski definition) is 2. The molecule has 21 heavy (non-hydrogen) atoms. The number of carbonyl (C=O) groups is 1. The highest BCUT2D eigenvalue weighted by Gasteiger charge is 2.43. The third-order valence-electron chi connectivity index (χ3n) is 4.64. The number of hydrogen-bond acceptors (Lipinski definition) is 3. The molecular formula is C15H15ClN4O. The molecule has 2 aliphatic rings. The third-order valence-corrected chi connectivity index (χ3v) is 4.82. The normalized spacial score (nSPS) is 19.6. The van der Waals surface area contributed by atoms with Gasteiger partial charge in [-0.05, 0) is 36.6 Å². The Hall–Kier alpha value is -1.88. The maximum atomic E-state index is 12.1. The summed E-state index contributed by atoms with van der Waals surface area (Å²) in [5.74, 6) is -0.00909. The van der Waals surface area contributed by atoms with Gasteiger partial charge in [0.05, 0.1) is 17.0 Å². The van der Waals surface area contributed by atoms with E-state index in [9.17, 15) is 4.79 Å². The molecule has 108 valence electrons. The maximum Gasteiger partial charge on any atom is 0.253 e. The molecular weight excluding hydrogens is 288 g/mol. The van der Waals surface area contributed by atoms with E-state index in [0.717, 1.165) is 36.3 Å². The fourth-order valence-corrected chi connectivity index (χ4v) is 3.73. The summed E-state index contributed by atoms with van der Waals surface area (Å²) in [6, 6.07) is 3.67. The molecule has 3 heterocycles. The maximum absolute atomic E-state index is 12.1. The molecule has 0 radical (unpaired) electrons. The Morgan fingerprint density at radius 2 is 2.10 bits per heavy atom. The van der Waals surface area contributed by atoms with Crippen LogP contribution < -0.4 is 5.32 Å². The summed E-state index contributed by atoms with van der Waals surface area (Å²) < 4.78 is 0. The Morgan fingerprint density at radius 3 is 2.86 bits per heavy atom. The smallest absolute Gasteiger partial charge is 0.253 e.